The molecule has 2 aromatic heterocycles. The number of nitriles is 1. The Morgan fingerprint density at radius 1 is 0.952 bits per heavy atom. The Labute approximate surface area is 356 Å². The molecule has 3 amide bonds. The smallest absolute Gasteiger partial charge is 0.329 e. The summed E-state index contributed by atoms with van der Waals surface area (Å²) in [5.74, 6) is -1.46. The molecule has 2 aliphatic heterocycles. The van der Waals surface area contributed by atoms with Crippen molar-refractivity contribution in [1.29, 1.82) is 5.26 Å². The average Bonchev–Trinajstić information content (AvgIpc) is 3.55. The number of sulfonamides is 1. The van der Waals surface area contributed by atoms with Crippen LogP contribution in [0.25, 0.3) is 21.8 Å². The Hall–Kier alpha value is -5.93. The number of ether oxygens (including phenoxy) is 1. The number of rotatable bonds is 9. The standard InChI is InChI=1S/C44H47F2N9O6S/c1-25(2)62(59,60)51-37-11-9-34(45)40(33(37)23-47)61-29-8-10-36-31(18-29)42(57)55(24-48-36)28-21-44(22-28)13-16-53(17-14-44)27-6-4-26(5-7-27)30-20-38-32(19-35(30)46)41(50-52(38)3)54-15-12-39(56)49-43(54)58/h8-11,18-20,24-28,51H,4-7,12-17,21-22H2,1-3H3,(H,49,56,58). The summed E-state index contributed by atoms with van der Waals surface area (Å²) in [7, 11) is -2.05. The number of carbonyl (C=O) groups excluding carboxylic acids is 2. The summed E-state index contributed by atoms with van der Waals surface area (Å²) in [6.07, 6.45) is 9.14. The molecule has 9 rings (SSSR count). The molecule has 5 aromatic rings. The van der Waals surface area contributed by atoms with Crippen molar-refractivity contribution in [3.8, 4) is 17.6 Å². The van der Waals surface area contributed by atoms with Gasteiger partial charge < -0.3 is 9.64 Å². The second-order valence-electron chi connectivity index (χ2n) is 17.5. The van der Waals surface area contributed by atoms with Crippen molar-refractivity contribution in [2.24, 2.45) is 12.5 Å². The zero-order valence-electron chi connectivity index (χ0n) is 34.7. The predicted octanol–water partition coefficient (Wildman–Crippen LogP) is 6.97. The highest BCUT2D eigenvalue weighted by molar-refractivity contribution is 7.93. The van der Waals surface area contributed by atoms with E-state index in [1.165, 1.54) is 43.0 Å². The molecular formula is C44H47F2N9O6S. The molecule has 4 heterocycles. The molecule has 62 heavy (non-hydrogen) atoms. The molecule has 0 radical (unpaired) electrons. The maximum absolute atomic E-state index is 15.8. The van der Waals surface area contributed by atoms with E-state index in [-0.39, 0.29) is 70.0 Å². The van der Waals surface area contributed by atoms with Crippen molar-refractivity contribution < 1.29 is 31.5 Å². The quantitative estimate of drug-likeness (QED) is 0.157. The number of hydrogen-bond acceptors (Lipinski definition) is 10. The third-order valence-electron chi connectivity index (χ3n) is 13.6. The second kappa shape index (κ2) is 15.8. The maximum Gasteiger partial charge on any atom is 0.329 e. The van der Waals surface area contributed by atoms with Gasteiger partial charge in [-0.3, -0.25) is 33.8 Å². The first-order valence-electron chi connectivity index (χ1n) is 21.1. The summed E-state index contributed by atoms with van der Waals surface area (Å²) in [5, 5.41) is 16.7. The summed E-state index contributed by atoms with van der Waals surface area (Å²) >= 11 is 0. The number of imide groups is 1. The SMILES string of the molecule is CC(C)S(=O)(=O)Nc1ccc(F)c(Oc2ccc3ncn(C4CC5(CCN(C6CCC(c7cc8c(cc7F)c(N7CCC(=O)NC7=O)nn8C)CC6)CC5)C4)c(=O)c3c2)c1C#N. The van der Waals surface area contributed by atoms with Gasteiger partial charge in [-0.05, 0) is 138 Å². The van der Waals surface area contributed by atoms with E-state index in [1.807, 2.05) is 12.1 Å². The first-order valence-corrected chi connectivity index (χ1v) is 22.6. The zero-order chi connectivity index (χ0) is 43.7. The molecule has 15 nitrogen and oxygen atoms in total. The molecule has 2 saturated heterocycles. The molecule has 324 valence electrons. The van der Waals surface area contributed by atoms with Crippen LogP contribution >= 0.6 is 0 Å². The molecule has 1 spiro atoms. The third-order valence-corrected chi connectivity index (χ3v) is 15.3. The number of anilines is 2. The van der Waals surface area contributed by atoms with E-state index in [1.54, 1.807) is 28.7 Å². The van der Waals surface area contributed by atoms with E-state index < -0.39 is 32.9 Å². The van der Waals surface area contributed by atoms with E-state index in [0.717, 1.165) is 76.0 Å². The number of benzene rings is 3. The molecule has 4 aliphatic rings. The fourth-order valence-electron chi connectivity index (χ4n) is 9.89. The Kier molecular flexibility index (Phi) is 10.5. The number of urea groups is 1. The normalized spacial score (nSPS) is 21.0. The summed E-state index contributed by atoms with van der Waals surface area (Å²) in [6, 6.07) is 11.8. The van der Waals surface area contributed by atoms with Gasteiger partial charge in [0.05, 0.1) is 33.7 Å². The van der Waals surface area contributed by atoms with E-state index in [0.29, 0.717) is 28.3 Å². The molecular weight excluding hydrogens is 821 g/mol. The number of nitrogens with zero attached hydrogens (tertiary/aromatic N) is 7. The van der Waals surface area contributed by atoms with Gasteiger partial charge in [0, 0.05) is 37.5 Å². The highest BCUT2D eigenvalue weighted by Gasteiger charge is 2.48. The number of aromatic nitrogens is 4. The molecule has 2 saturated carbocycles. The van der Waals surface area contributed by atoms with Crippen LogP contribution in [-0.2, 0) is 21.9 Å². The van der Waals surface area contributed by atoms with Crippen LogP contribution in [0.15, 0.2) is 53.6 Å². The van der Waals surface area contributed by atoms with Gasteiger partial charge >= 0.3 is 6.03 Å². The molecule has 2 aliphatic carbocycles. The highest BCUT2D eigenvalue weighted by atomic mass is 32.2. The number of nitrogens with one attached hydrogen (secondary N) is 2. The summed E-state index contributed by atoms with van der Waals surface area (Å²) in [4.78, 5) is 46.6. The number of hydrogen-bond donors (Lipinski definition) is 2. The number of likely N-dealkylation sites (tertiary alicyclic amines) is 1. The Morgan fingerprint density at radius 2 is 1.69 bits per heavy atom. The fourth-order valence-corrected chi connectivity index (χ4v) is 10.6. The average molecular weight is 868 g/mol. The Morgan fingerprint density at radius 3 is 2.39 bits per heavy atom. The number of piperidine rings is 1. The topological polar surface area (TPSA) is 185 Å². The maximum atomic E-state index is 15.8. The third kappa shape index (κ3) is 7.44. The van der Waals surface area contributed by atoms with Gasteiger partial charge in [0.1, 0.15) is 23.2 Å². The minimum absolute atomic E-state index is 0.0248. The van der Waals surface area contributed by atoms with Crippen molar-refractivity contribution in [3.05, 3.63) is 81.9 Å². The zero-order valence-corrected chi connectivity index (χ0v) is 35.5. The molecule has 0 atom stereocenters. The van der Waals surface area contributed by atoms with Gasteiger partial charge in [-0.15, -0.1) is 0 Å². The number of carbonyl (C=O) groups is 2. The first-order chi connectivity index (χ1) is 29.6. The lowest BCUT2D eigenvalue weighted by Crippen LogP contribution is -2.51. The van der Waals surface area contributed by atoms with Gasteiger partial charge in [-0.1, -0.05) is 0 Å². The van der Waals surface area contributed by atoms with Crippen LogP contribution in [0.1, 0.15) is 94.7 Å². The fraction of sp³-hybridized carbons (Fsp3) is 0.455. The number of amides is 3. The van der Waals surface area contributed by atoms with Crippen LogP contribution < -0.4 is 25.2 Å². The lowest BCUT2D eigenvalue weighted by Gasteiger charge is -2.54. The summed E-state index contributed by atoms with van der Waals surface area (Å²) in [5.41, 5.74) is 1.30. The van der Waals surface area contributed by atoms with Gasteiger partial charge in [-0.2, -0.15) is 10.4 Å². The largest absolute Gasteiger partial charge is 0.453 e. The molecule has 0 unspecified atom stereocenters. The van der Waals surface area contributed by atoms with Gasteiger partial charge in [0.25, 0.3) is 5.56 Å². The van der Waals surface area contributed by atoms with E-state index in [9.17, 15) is 28.1 Å². The lowest BCUT2D eigenvalue weighted by molar-refractivity contribution is -0.120. The Balaban J connectivity index is 0.820. The van der Waals surface area contributed by atoms with Crippen molar-refractivity contribution >= 4 is 55.3 Å². The van der Waals surface area contributed by atoms with Gasteiger partial charge in [-0.25, -0.2) is 27.0 Å². The molecule has 0 bridgehead atoms. The van der Waals surface area contributed by atoms with Crippen LogP contribution in [-0.4, -0.2) is 75.5 Å². The van der Waals surface area contributed by atoms with Crippen LogP contribution in [0.2, 0.25) is 0 Å². The Bertz CT molecular complexity index is 2850. The van der Waals surface area contributed by atoms with Gasteiger partial charge in [0.2, 0.25) is 15.9 Å². The van der Waals surface area contributed by atoms with Crippen LogP contribution in [0, 0.1) is 28.4 Å². The molecule has 3 aromatic carbocycles. The summed E-state index contributed by atoms with van der Waals surface area (Å²) < 4.78 is 67.4. The van der Waals surface area contributed by atoms with E-state index in [2.05, 4.69) is 25.0 Å². The van der Waals surface area contributed by atoms with E-state index >= 15 is 8.78 Å². The van der Waals surface area contributed by atoms with Crippen LogP contribution in [0.4, 0.5) is 25.1 Å². The number of fused-ring (bicyclic) bond motifs is 2. The first kappa shape index (κ1) is 41.4. The molecule has 18 heteroatoms. The van der Waals surface area contributed by atoms with Crippen LogP contribution in [0.5, 0.6) is 11.5 Å². The van der Waals surface area contributed by atoms with Crippen molar-refractivity contribution in [2.45, 2.75) is 94.9 Å². The molecule has 2 N–H and O–H groups in total. The van der Waals surface area contributed by atoms with Crippen molar-refractivity contribution in [2.75, 3.05) is 29.3 Å². The van der Waals surface area contributed by atoms with Crippen LogP contribution in [0.3, 0.4) is 0 Å². The van der Waals surface area contributed by atoms with Crippen molar-refractivity contribution in [3.63, 3.8) is 0 Å². The number of aryl methyl sites for hydroxylation is 1. The molecule has 4 fully saturated rings. The summed E-state index contributed by atoms with van der Waals surface area (Å²) in [6.45, 7) is 5.07. The highest BCUT2D eigenvalue weighted by Crippen LogP contribution is 2.55. The minimum atomic E-state index is -3.83. The van der Waals surface area contributed by atoms with Crippen molar-refractivity contribution in [1.82, 2.24) is 29.5 Å². The number of halogens is 2. The van der Waals surface area contributed by atoms with Gasteiger partial charge in [0.15, 0.2) is 17.4 Å². The second-order valence-corrected chi connectivity index (χ2v) is 19.8. The predicted molar refractivity (Wildman–Crippen MR) is 228 cm³/mol. The minimum Gasteiger partial charge on any atom is -0.453 e. The van der Waals surface area contributed by atoms with E-state index in [4.69, 9.17) is 4.74 Å². The lowest BCUT2D eigenvalue weighted by atomic mass is 9.60. The monoisotopic (exact) mass is 867 g/mol.